The van der Waals surface area contributed by atoms with Crippen molar-refractivity contribution in [1.29, 1.82) is 0 Å². The Labute approximate surface area is 201 Å². The Morgan fingerprint density at radius 1 is 0.941 bits per heavy atom. The van der Waals surface area contributed by atoms with E-state index < -0.39 is 5.41 Å². The zero-order valence-corrected chi connectivity index (χ0v) is 20.8. The number of carbonyl (C=O) groups excluding carboxylic acids is 2. The molecule has 34 heavy (non-hydrogen) atoms. The SMILES string of the molecule is COc1ccc(-c2cccc3c2CCC3=O)c(OCC2(C(=O)OCC(C)(C)C)CCC2)c1OC. The lowest BCUT2D eigenvalue weighted by molar-refractivity contribution is -0.167. The Morgan fingerprint density at radius 3 is 2.29 bits per heavy atom. The van der Waals surface area contributed by atoms with Crippen LogP contribution in [-0.2, 0) is 16.0 Å². The Bertz CT molecular complexity index is 1090. The highest BCUT2D eigenvalue weighted by atomic mass is 16.5. The van der Waals surface area contributed by atoms with Gasteiger partial charge in [-0.25, -0.2) is 0 Å². The van der Waals surface area contributed by atoms with Gasteiger partial charge >= 0.3 is 5.97 Å². The fourth-order valence-electron chi connectivity index (χ4n) is 4.65. The minimum atomic E-state index is -0.661. The van der Waals surface area contributed by atoms with Crippen molar-refractivity contribution in [2.24, 2.45) is 10.8 Å². The third-order valence-electron chi connectivity index (χ3n) is 6.74. The third kappa shape index (κ3) is 4.50. The summed E-state index contributed by atoms with van der Waals surface area (Å²) < 4.78 is 23.3. The number of fused-ring (bicyclic) bond motifs is 1. The van der Waals surface area contributed by atoms with Crippen molar-refractivity contribution in [2.75, 3.05) is 27.4 Å². The van der Waals surface area contributed by atoms with E-state index in [0.29, 0.717) is 36.7 Å². The van der Waals surface area contributed by atoms with Gasteiger partial charge in [0.05, 0.1) is 20.8 Å². The van der Waals surface area contributed by atoms with Crippen molar-refractivity contribution in [3.05, 3.63) is 41.5 Å². The average Bonchev–Trinajstić information content (AvgIpc) is 3.17. The second-order valence-electron chi connectivity index (χ2n) is 10.5. The van der Waals surface area contributed by atoms with E-state index >= 15 is 0 Å². The van der Waals surface area contributed by atoms with Gasteiger partial charge in [-0.2, -0.15) is 0 Å². The number of ketones is 1. The van der Waals surface area contributed by atoms with Crippen molar-refractivity contribution in [3.8, 4) is 28.4 Å². The standard InChI is InChI=1S/C28H34O6/c1-27(2,3)16-34-26(30)28(14-7-15-28)17-33-24-21(11-13-23(31-4)25(24)32-5)18-8-6-9-20-19(18)10-12-22(20)29/h6,8-9,11,13H,7,10,12,14-17H2,1-5H3. The summed E-state index contributed by atoms with van der Waals surface area (Å²) in [5.41, 5.74) is 2.78. The van der Waals surface area contributed by atoms with Crippen LogP contribution in [0.1, 0.15) is 62.4 Å². The quantitative estimate of drug-likeness (QED) is 0.469. The average molecular weight is 467 g/mol. The monoisotopic (exact) mass is 466 g/mol. The van der Waals surface area contributed by atoms with E-state index in [4.69, 9.17) is 18.9 Å². The molecular formula is C28H34O6. The van der Waals surface area contributed by atoms with E-state index in [1.54, 1.807) is 14.2 Å². The van der Waals surface area contributed by atoms with Gasteiger partial charge in [0.2, 0.25) is 5.75 Å². The summed E-state index contributed by atoms with van der Waals surface area (Å²) >= 11 is 0. The van der Waals surface area contributed by atoms with Crippen LogP contribution in [0.3, 0.4) is 0 Å². The van der Waals surface area contributed by atoms with Crippen LogP contribution in [0.25, 0.3) is 11.1 Å². The Hall–Kier alpha value is -3.02. The van der Waals surface area contributed by atoms with Crippen molar-refractivity contribution in [2.45, 2.75) is 52.9 Å². The summed E-state index contributed by atoms with van der Waals surface area (Å²) in [4.78, 5) is 25.4. The lowest BCUT2D eigenvalue weighted by atomic mass is 9.69. The van der Waals surface area contributed by atoms with Gasteiger partial charge in [0.25, 0.3) is 0 Å². The maximum atomic E-state index is 13.0. The number of hydrogen-bond donors (Lipinski definition) is 0. The number of ether oxygens (including phenoxy) is 4. The van der Waals surface area contributed by atoms with Crippen LogP contribution in [-0.4, -0.2) is 39.2 Å². The second-order valence-corrected chi connectivity index (χ2v) is 10.5. The number of hydrogen-bond acceptors (Lipinski definition) is 6. The first-order valence-electron chi connectivity index (χ1n) is 11.9. The van der Waals surface area contributed by atoms with Gasteiger partial charge in [-0.3, -0.25) is 9.59 Å². The molecule has 0 atom stereocenters. The number of rotatable bonds is 8. The third-order valence-corrected chi connectivity index (χ3v) is 6.74. The smallest absolute Gasteiger partial charge is 0.315 e. The van der Waals surface area contributed by atoms with Gasteiger partial charge in [-0.05, 0) is 47.9 Å². The fraction of sp³-hybridized carbons (Fsp3) is 0.500. The maximum Gasteiger partial charge on any atom is 0.315 e. The Kier molecular flexibility index (Phi) is 6.61. The molecule has 1 fully saturated rings. The topological polar surface area (TPSA) is 71.1 Å². The van der Waals surface area contributed by atoms with Gasteiger partial charge in [0, 0.05) is 17.5 Å². The Balaban J connectivity index is 1.69. The summed E-state index contributed by atoms with van der Waals surface area (Å²) in [7, 11) is 3.15. The van der Waals surface area contributed by atoms with Crippen LogP contribution >= 0.6 is 0 Å². The molecule has 6 heteroatoms. The van der Waals surface area contributed by atoms with Crippen LogP contribution in [0.4, 0.5) is 0 Å². The second kappa shape index (κ2) is 9.32. The van der Waals surface area contributed by atoms with Crippen molar-refractivity contribution in [3.63, 3.8) is 0 Å². The Morgan fingerprint density at radius 2 is 1.68 bits per heavy atom. The first-order valence-corrected chi connectivity index (χ1v) is 11.9. The molecular weight excluding hydrogens is 432 g/mol. The lowest BCUT2D eigenvalue weighted by Gasteiger charge is -2.39. The predicted molar refractivity (Wildman–Crippen MR) is 130 cm³/mol. The van der Waals surface area contributed by atoms with Gasteiger partial charge in [-0.15, -0.1) is 0 Å². The summed E-state index contributed by atoms with van der Waals surface area (Å²) in [6.07, 6.45) is 3.63. The van der Waals surface area contributed by atoms with E-state index in [-0.39, 0.29) is 23.8 Å². The van der Waals surface area contributed by atoms with E-state index in [2.05, 4.69) is 0 Å². The molecule has 1 saturated carbocycles. The molecule has 0 heterocycles. The van der Waals surface area contributed by atoms with Gasteiger partial charge in [0.1, 0.15) is 12.0 Å². The molecule has 0 radical (unpaired) electrons. The minimum Gasteiger partial charge on any atom is -0.493 e. The fourth-order valence-corrected chi connectivity index (χ4v) is 4.65. The van der Waals surface area contributed by atoms with Crippen molar-refractivity contribution < 1.29 is 28.5 Å². The molecule has 0 bridgehead atoms. The van der Waals surface area contributed by atoms with Crippen LogP contribution in [0.2, 0.25) is 0 Å². The molecule has 2 aliphatic carbocycles. The normalized spacial score (nSPS) is 16.4. The van der Waals surface area contributed by atoms with Crippen LogP contribution in [0.5, 0.6) is 17.2 Å². The van der Waals surface area contributed by atoms with E-state index in [9.17, 15) is 9.59 Å². The van der Waals surface area contributed by atoms with E-state index in [1.165, 1.54) is 0 Å². The molecule has 2 aliphatic rings. The molecule has 0 amide bonds. The molecule has 0 unspecified atom stereocenters. The number of methoxy groups -OCH3 is 2. The zero-order valence-electron chi connectivity index (χ0n) is 20.8. The molecule has 0 saturated heterocycles. The molecule has 4 rings (SSSR count). The molecule has 0 N–H and O–H groups in total. The summed E-state index contributed by atoms with van der Waals surface area (Å²) in [6, 6.07) is 9.55. The molecule has 0 aromatic heterocycles. The number of benzene rings is 2. The lowest BCUT2D eigenvalue weighted by Crippen LogP contribution is -2.45. The first-order chi connectivity index (χ1) is 16.2. The van der Waals surface area contributed by atoms with Gasteiger partial charge in [0.15, 0.2) is 17.3 Å². The number of carbonyl (C=O) groups is 2. The summed E-state index contributed by atoms with van der Waals surface area (Å²) in [5.74, 6) is 1.49. The largest absolute Gasteiger partial charge is 0.493 e. The molecule has 2 aromatic carbocycles. The predicted octanol–water partition coefficient (Wildman–Crippen LogP) is 5.64. The van der Waals surface area contributed by atoms with Crippen molar-refractivity contribution in [1.82, 2.24) is 0 Å². The van der Waals surface area contributed by atoms with Crippen LogP contribution in [0, 0.1) is 10.8 Å². The van der Waals surface area contributed by atoms with Gasteiger partial charge < -0.3 is 18.9 Å². The minimum absolute atomic E-state index is 0.101. The highest BCUT2D eigenvalue weighted by Gasteiger charge is 2.47. The molecule has 0 aliphatic heterocycles. The first kappa shape index (κ1) is 24.1. The van der Waals surface area contributed by atoms with Gasteiger partial charge in [-0.1, -0.05) is 45.4 Å². The van der Waals surface area contributed by atoms with E-state index in [0.717, 1.165) is 41.5 Å². The number of Topliss-reactive ketones (excluding diaryl/α,β-unsaturated/α-hetero) is 1. The maximum absolute atomic E-state index is 13.0. The highest BCUT2D eigenvalue weighted by Crippen LogP contribution is 2.49. The van der Waals surface area contributed by atoms with Crippen molar-refractivity contribution >= 4 is 11.8 Å². The van der Waals surface area contributed by atoms with E-state index in [1.807, 2.05) is 51.1 Å². The van der Waals surface area contributed by atoms with Crippen LogP contribution < -0.4 is 14.2 Å². The molecule has 2 aromatic rings. The summed E-state index contributed by atoms with van der Waals surface area (Å²) in [5, 5.41) is 0. The molecule has 0 spiro atoms. The number of esters is 1. The van der Waals surface area contributed by atoms with Crippen LogP contribution in [0.15, 0.2) is 30.3 Å². The highest BCUT2D eigenvalue weighted by molar-refractivity contribution is 6.02. The summed E-state index contributed by atoms with van der Waals surface area (Å²) in [6.45, 7) is 6.69. The molecule has 182 valence electrons. The zero-order chi connectivity index (χ0) is 24.5. The molecule has 6 nitrogen and oxygen atoms in total.